The lowest BCUT2D eigenvalue weighted by molar-refractivity contribution is 0.764. The zero-order valence-electron chi connectivity index (χ0n) is 14.9. The van der Waals surface area contributed by atoms with Gasteiger partial charge in [-0.2, -0.15) is 0 Å². The van der Waals surface area contributed by atoms with Gasteiger partial charge < -0.3 is 14.7 Å². The number of hydrogen-bond donors (Lipinski definition) is 1. The van der Waals surface area contributed by atoms with Crippen LogP contribution in [0.15, 0.2) is 67.4 Å². The lowest BCUT2D eigenvalue weighted by Crippen LogP contribution is -2.09. The van der Waals surface area contributed by atoms with Crippen LogP contribution in [0.2, 0.25) is 0 Å². The Bertz CT molecular complexity index is 1230. The molecule has 3 aromatic rings. The van der Waals surface area contributed by atoms with Crippen molar-refractivity contribution in [3.05, 3.63) is 78.5 Å². The Balaban J connectivity index is 1.72. The number of rotatable bonds is 3. The van der Waals surface area contributed by atoms with E-state index in [1.807, 2.05) is 4.57 Å². The monoisotopic (exact) mass is 354 g/mol. The molecule has 0 fully saturated rings. The molecule has 6 nitrogen and oxygen atoms in total. The highest BCUT2D eigenvalue weighted by molar-refractivity contribution is 5.74. The van der Waals surface area contributed by atoms with Crippen molar-refractivity contribution in [2.45, 2.75) is 13.5 Å². The molecular formula is C21H18N6. The number of imidazole rings is 1. The summed E-state index contributed by atoms with van der Waals surface area (Å²) in [6, 6.07) is 16.9. The molecule has 6 heteroatoms. The first-order valence-electron chi connectivity index (χ1n) is 8.78. The first-order chi connectivity index (χ1) is 13.2. The average molecular weight is 354 g/mol. The standard InChI is InChI=1S/C21H18N6/c1-14-6-2-3-8-17(14)19-15(10-16-7-4-5-9-27(16)19)11-26-13-25-20(22)18-21(26)24-12-23-18/h2-10,12-13H,11,22H2,1H3. The van der Waals surface area contributed by atoms with Gasteiger partial charge in [-0.05, 0) is 36.2 Å². The molecule has 2 aromatic heterocycles. The van der Waals surface area contributed by atoms with Gasteiger partial charge in [-0.3, -0.25) is 0 Å². The molecule has 2 aliphatic rings. The van der Waals surface area contributed by atoms with Gasteiger partial charge in [0.25, 0.3) is 0 Å². The van der Waals surface area contributed by atoms with E-state index in [1.54, 1.807) is 6.33 Å². The molecular weight excluding hydrogens is 336 g/mol. The molecule has 0 aliphatic carbocycles. The second-order valence-corrected chi connectivity index (χ2v) is 6.63. The van der Waals surface area contributed by atoms with E-state index >= 15 is 0 Å². The van der Waals surface area contributed by atoms with E-state index in [0.717, 1.165) is 11.3 Å². The van der Waals surface area contributed by atoms with Crippen molar-refractivity contribution in [1.29, 1.82) is 0 Å². The largest absolute Gasteiger partial charge is 0.382 e. The Labute approximate surface area is 156 Å². The summed E-state index contributed by atoms with van der Waals surface area (Å²) in [5, 5.41) is 0. The number of aromatic nitrogens is 5. The molecule has 0 bridgehead atoms. The molecule has 0 saturated heterocycles. The maximum absolute atomic E-state index is 5.93. The topological polar surface area (TPSA) is 74.0 Å². The van der Waals surface area contributed by atoms with Gasteiger partial charge in [-0.1, -0.05) is 30.3 Å². The smallest absolute Gasteiger partial charge is 0.165 e. The fraction of sp³-hybridized carbons (Fsp3) is 0.0952. The van der Waals surface area contributed by atoms with Gasteiger partial charge in [0.2, 0.25) is 0 Å². The van der Waals surface area contributed by atoms with Gasteiger partial charge >= 0.3 is 0 Å². The molecule has 2 N–H and O–H groups in total. The van der Waals surface area contributed by atoms with Crippen LogP contribution in [0.3, 0.4) is 0 Å². The van der Waals surface area contributed by atoms with Crippen molar-refractivity contribution in [3.63, 3.8) is 0 Å². The predicted molar refractivity (Wildman–Crippen MR) is 106 cm³/mol. The van der Waals surface area contributed by atoms with Gasteiger partial charge in [-0.25, -0.2) is 15.0 Å². The zero-order valence-corrected chi connectivity index (χ0v) is 14.9. The minimum atomic E-state index is 0.403. The second-order valence-electron chi connectivity index (χ2n) is 6.63. The maximum atomic E-state index is 5.93. The number of fused-ring (bicyclic) bond motifs is 2. The summed E-state index contributed by atoms with van der Waals surface area (Å²) in [4.78, 5) is 12.9. The summed E-state index contributed by atoms with van der Waals surface area (Å²) in [5.41, 5.74) is 12.5. The van der Waals surface area contributed by atoms with Crippen molar-refractivity contribution >= 4 is 11.3 Å². The maximum Gasteiger partial charge on any atom is 0.165 e. The van der Waals surface area contributed by atoms with Crippen molar-refractivity contribution in [1.82, 2.24) is 23.9 Å². The Morgan fingerprint density at radius 3 is 2.74 bits per heavy atom. The van der Waals surface area contributed by atoms with E-state index in [2.05, 4.69) is 81.0 Å². The molecule has 0 unspecified atom stereocenters. The number of benzene rings is 1. The molecule has 0 atom stereocenters. The molecule has 27 heavy (non-hydrogen) atoms. The van der Waals surface area contributed by atoms with Crippen LogP contribution in [0.5, 0.6) is 0 Å². The van der Waals surface area contributed by atoms with E-state index in [-0.39, 0.29) is 0 Å². The van der Waals surface area contributed by atoms with Crippen molar-refractivity contribution in [3.8, 4) is 22.8 Å². The van der Waals surface area contributed by atoms with E-state index < -0.39 is 0 Å². The number of aryl methyl sites for hydroxylation is 1. The molecule has 5 rings (SSSR count). The summed E-state index contributed by atoms with van der Waals surface area (Å²) >= 11 is 0. The van der Waals surface area contributed by atoms with Gasteiger partial charge in [0, 0.05) is 17.3 Å². The zero-order chi connectivity index (χ0) is 18.4. The molecule has 1 aromatic carbocycles. The Hall–Kier alpha value is -3.67. The third-order valence-corrected chi connectivity index (χ3v) is 4.93. The van der Waals surface area contributed by atoms with E-state index in [1.165, 1.54) is 28.7 Å². The van der Waals surface area contributed by atoms with Gasteiger partial charge in [-0.15, -0.1) is 0 Å². The molecule has 0 amide bonds. The van der Waals surface area contributed by atoms with Crippen molar-refractivity contribution in [2.24, 2.45) is 0 Å². The van der Waals surface area contributed by atoms with Crippen LogP contribution in [-0.4, -0.2) is 23.9 Å². The van der Waals surface area contributed by atoms with Crippen LogP contribution in [0.1, 0.15) is 11.1 Å². The Kier molecular flexibility index (Phi) is 3.43. The van der Waals surface area contributed by atoms with Crippen molar-refractivity contribution < 1.29 is 0 Å². The average Bonchev–Trinajstić information content (AvgIpc) is 3.30. The molecule has 4 heterocycles. The summed E-state index contributed by atoms with van der Waals surface area (Å²) in [7, 11) is 0. The SMILES string of the molecule is Cc1ccccc1-c1c(Cn2cnc(N)c3ncnc2-3)cc2ccccn12. The normalized spacial score (nSPS) is 11.4. The summed E-state index contributed by atoms with van der Waals surface area (Å²) < 4.78 is 4.23. The number of anilines is 1. The van der Waals surface area contributed by atoms with Gasteiger partial charge in [0.05, 0.1) is 18.6 Å². The third kappa shape index (κ3) is 2.45. The fourth-order valence-electron chi connectivity index (χ4n) is 3.64. The third-order valence-electron chi connectivity index (χ3n) is 4.93. The number of nitrogen functional groups attached to an aromatic ring is 1. The highest BCUT2D eigenvalue weighted by Gasteiger charge is 2.18. The summed E-state index contributed by atoms with van der Waals surface area (Å²) in [6.07, 6.45) is 5.36. The first kappa shape index (κ1) is 15.6. The van der Waals surface area contributed by atoms with E-state index in [0.29, 0.717) is 18.1 Å². The number of nitrogens with zero attached hydrogens (tertiary/aromatic N) is 5. The lowest BCUT2D eigenvalue weighted by Gasteiger charge is -2.14. The van der Waals surface area contributed by atoms with Crippen LogP contribution in [-0.2, 0) is 6.54 Å². The quantitative estimate of drug-likeness (QED) is 0.537. The van der Waals surface area contributed by atoms with E-state index in [4.69, 9.17) is 5.73 Å². The molecule has 0 radical (unpaired) electrons. The fourth-order valence-corrected chi connectivity index (χ4v) is 3.64. The second kappa shape index (κ2) is 5.95. The molecule has 0 saturated carbocycles. The predicted octanol–water partition coefficient (Wildman–Crippen LogP) is 3.64. The van der Waals surface area contributed by atoms with Crippen LogP contribution in [0, 0.1) is 6.92 Å². The van der Waals surface area contributed by atoms with Gasteiger partial charge in [0.1, 0.15) is 12.0 Å². The molecule has 2 aliphatic heterocycles. The Morgan fingerprint density at radius 2 is 1.85 bits per heavy atom. The minimum absolute atomic E-state index is 0.403. The summed E-state index contributed by atoms with van der Waals surface area (Å²) in [5.74, 6) is 1.15. The Morgan fingerprint density at radius 1 is 1.00 bits per heavy atom. The first-order valence-corrected chi connectivity index (χ1v) is 8.78. The van der Waals surface area contributed by atoms with E-state index in [9.17, 15) is 0 Å². The number of nitrogens with two attached hydrogens (primary N) is 1. The molecule has 132 valence electrons. The lowest BCUT2D eigenvalue weighted by atomic mass is 10.0. The molecule has 0 spiro atoms. The van der Waals surface area contributed by atoms with Crippen LogP contribution in [0.4, 0.5) is 5.82 Å². The number of hydrogen-bond acceptors (Lipinski definition) is 4. The van der Waals surface area contributed by atoms with Crippen molar-refractivity contribution in [2.75, 3.05) is 5.73 Å². The highest BCUT2D eigenvalue weighted by atomic mass is 15.1. The van der Waals surface area contributed by atoms with Gasteiger partial charge in [0.15, 0.2) is 11.6 Å². The minimum Gasteiger partial charge on any atom is -0.382 e. The number of pyridine rings is 1. The van der Waals surface area contributed by atoms with Crippen LogP contribution >= 0.6 is 0 Å². The van der Waals surface area contributed by atoms with Crippen LogP contribution in [0.25, 0.3) is 28.3 Å². The summed E-state index contributed by atoms with van der Waals surface area (Å²) in [6.45, 7) is 2.77. The highest BCUT2D eigenvalue weighted by Crippen LogP contribution is 2.32. The van der Waals surface area contributed by atoms with Crippen LogP contribution < -0.4 is 5.73 Å².